The SMILES string of the molecule is O=C1N[C@H](C(=O)O)c2ccccc21. The maximum Gasteiger partial charge on any atom is 0.330 e. The largest absolute Gasteiger partial charge is 0.479 e. The lowest BCUT2D eigenvalue weighted by atomic mass is 10.1. The minimum absolute atomic E-state index is 0.317. The van der Waals surface area contributed by atoms with E-state index in [0.29, 0.717) is 11.1 Å². The van der Waals surface area contributed by atoms with Gasteiger partial charge in [-0.05, 0) is 11.6 Å². The highest BCUT2D eigenvalue weighted by Crippen LogP contribution is 2.24. The topological polar surface area (TPSA) is 66.4 Å². The Kier molecular flexibility index (Phi) is 1.55. The van der Waals surface area contributed by atoms with Gasteiger partial charge in [0.1, 0.15) is 0 Å². The molecule has 0 radical (unpaired) electrons. The van der Waals surface area contributed by atoms with Crippen LogP contribution in [0.25, 0.3) is 0 Å². The molecule has 0 saturated heterocycles. The average Bonchev–Trinajstić information content (AvgIpc) is 2.45. The number of fused-ring (bicyclic) bond motifs is 1. The van der Waals surface area contributed by atoms with Gasteiger partial charge in [-0.3, -0.25) is 4.79 Å². The molecular weight excluding hydrogens is 170 g/mol. The molecule has 1 atom stereocenters. The van der Waals surface area contributed by atoms with Crippen molar-refractivity contribution in [2.75, 3.05) is 0 Å². The van der Waals surface area contributed by atoms with Gasteiger partial charge in [0.2, 0.25) is 0 Å². The summed E-state index contributed by atoms with van der Waals surface area (Å²) in [6.45, 7) is 0. The monoisotopic (exact) mass is 177 g/mol. The summed E-state index contributed by atoms with van der Waals surface area (Å²) in [5, 5.41) is 11.1. The van der Waals surface area contributed by atoms with E-state index >= 15 is 0 Å². The lowest BCUT2D eigenvalue weighted by molar-refractivity contribution is -0.139. The molecule has 0 aromatic heterocycles. The lowest BCUT2D eigenvalue weighted by Crippen LogP contribution is -2.25. The molecule has 0 saturated carbocycles. The zero-order chi connectivity index (χ0) is 9.42. The Morgan fingerprint density at radius 3 is 2.77 bits per heavy atom. The first kappa shape index (κ1) is 7.79. The van der Waals surface area contributed by atoms with E-state index in [-0.39, 0.29) is 5.91 Å². The van der Waals surface area contributed by atoms with Crippen LogP contribution in [0.2, 0.25) is 0 Å². The van der Waals surface area contributed by atoms with E-state index in [0.717, 1.165) is 0 Å². The second-order valence-corrected chi connectivity index (χ2v) is 2.83. The van der Waals surface area contributed by atoms with Crippen molar-refractivity contribution in [3.05, 3.63) is 35.4 Å². The van der Waals surface area contributed by atoms with Crippen molar-refractivity contribution < 1.29 is 14.7 Å². The standard InChI is InChI=1S/C9H7NO3/c11-8-6-4-2-1-3-5(6)7(10-8)9(12)13/h1-4,7H,(H,10,11)(H,12,13)/t7-/m0/s1. The third-order valence-corrected chi connectivity index (χ3v) is 2.04. The molecule has 1 heterocycles. The second kappa shape index (κ2) is 2.58. The molecule has 0 unspecified atom stereocenters. The first-order valence-electron chi connectivity index (χ1n) is 3.83. The summed E-state index contributed by atoms with van der Waals surface area (Å²) in [6.07, 6.45) is 0. The summed E-state index contributed by atoms with van der Waals surface area (Å²) in [5.41, 5.74) is 0.995. The van der Waals surface area contributed by atoms with E-state index in [1.165, 1.54) is 0 Å². The van der Waals surface area contributed by atoms with Gasteiger partial charge in [-0.1, -0.05) is 18.2 Å². The van der Waals surface area contributed by atoms with Crippen LogP contribution in [0.3, 0.4) is 0 Å². The first-order valence-corrected chi connectivity index (χ1v) is 3.83. The fraction of sp³-hybridized carbons (Fsp3) is 0.111. The first-order chi connectivity index (χ1) is 6.20. The second-order valence-electron chi connectivity index (χ2n) is 2.83. The van der Waals surface area contributed by atoms with Gasteiger partial charge in [0.15, 0.2) is 6.04 Å². The van der Waals surface area contributed by atoms with Gasteiger partial charge >= 0.3 is 5.97 Å². The van der Waals surface area contributed by atoms with Gasteiger partial charge in [-0.15, -0.1) is 0 Å². The van der Waals surface area contributed by atoms with Crippen LogP contribution >= 0.6 is 0 Å². The van der Waals surface area contributed by atoms with Gasteiger partial charge in [-0.2, -0.15) is 0 Å². The van der Waals surface area contributed by atoms with Crippen LogP contribution in [0.15, 0.2) is 24.3 Å². The third kappa shape index (κ3) is 1.07. The highest BCUT2D eigenvalue weighted by molar-refractivity contribution is 6.03. The fourth-order valence-electron chi connectivity index (χ4n) is 1.44. The molecule has 4 heteroatoms. The summed E-state index contributed by atoms with van der Waals surface area (Å²) in [4.78, 5) is 21.9. The van der Waals surface area contributed by atoms with Gasteiger partial charge < -0.3 is 10.4 Å². The minimum Gasteiger partial charge on any atom is -0.479 e. The average molecular weight is 177 g/mol. The number of carboxylic acid groups (broad SMARTS) is 1. The van der Waals surface area contributed by atoms with Gasteiger partial charge in [0.05, 0.1) is 0 Å². The van der Waals surface area contributed by atoms with E-state index in [1.54, 1.807) is 24.3 Å². The number of amides is 1. The molecule has 0 fully saturated rings. The van der Waals surface area contributed by atoms with Crippen molar-refractivity contribution in [1.82, 2.24) is 5.32 Å². The smallest absolute Gasteiger partial charge is 0.330 e. The van der Waals surface area contributed by atoms with Gasteiger partial charge in [-0.25, -0.2) is 4.79 Å². The van der Waals surface area contributed by atoms with Crippen LogP contribution in [-0.4, -0.2) is 17.0 Å². The van der Waals surface area contributed by atoms with Crippen molar-refractivity contribution in [1.29, 1.82) is 0 Å². The third-order valence-electron chi connectivity index (χ3n) is 2.04. The molecule has 1 amide bonds. The molecule has 2 rings (SSSR count). The molecule has 0 aliphatic carbocycles. The molecule has 1 aliphatic heterocycles. The zero-order valence-electron chi connectivity index (χ0n) is 6.65. The predicted molar refractivity (Wildman–Crippen MR) is 44.3 cm³/mol. The van der Waals surface area contributed by atoms with E-state index in [1.807, 2.05) is 0 Å². The number of carboxylic acids is 1. The minimum atomic E-state index is -1.03. The van der Waals surface area contributed by atoms with Crippen LogP contribution in [0, 0.1) is 0 Å². The van der Waals surface area contributed by atoms with E-state index in [2.05, 4.69) is 5.32 Å². The summed E-state index contributed by atoms with van der Waals surface area (Å²) >= 11 is 0. The van der Waals surface area contributed by atoms with Crippen molar-refractivity contribution in [2.45, 2.75) is 6.04 Å². The molecule has 0 spiro atoms. The molecule has 2 N–H and O–H groups in total. The maximum absolute atomic E-state index is 11.2. The summed E-state index contributed by atoms with van der Waals surface area (Å²) in [6, 6.07) is 5.81. The van der Waals surface area contributed by atoms with Crippen molar-refractivity contribution in [3.8, 4) is 0 Å². The van der Waals surface area contributed by atoms with Crippen LogP contribution < -0.4 is 5.32 Å². The molecule has 13 heavy (non-hydrogen) atoms. The molecule has 0 bridgehead atoms. The molecule has 1 aromatic carbocycles. The molecular formula is C9H7NO3. The van der Waals surface area contributed by atoms with E-state index in [4.69, 9.17) is 5.11 Å². The van der Waals surface area contributed by atoms with Crippen LogP contribution in [0.5, 0.6) is 0 Å². The molecule has 1 aromatic rings. The number of aliphatic carboxylic acids is 1. The normalized spacial score (nSPS) is 19.4. The lowest BCUT2D eigenvalue weighted by Gasteiger charge is -2.03. The van der Waals surface area contributed by atoms with Crippen molar-refractivity contribution in [2.24, 2.45) is 0 Å². The quantitative estimate of drug-likeness (QED) is 0.658. The van der Waals surface area contributed by atoms with Crippen LogP contribution in [-0.2, 0) is 4.79 Å². The maximum atomic E-state index is 11.2. The van der Waals surface area contributed by atoms with Crippen molar-refractivity contribution in [3.63, 3.8) is 0 Å². The van der Waals surface area contributed by atoms with Gasteiger partial charge in [0, 0.05) is 5.56 Å². The Hall–Kier alpha value is -1.84. The zero-order valence-corrected chi connectivity index (χ0v) is 6.65. The van der Waals surface area contributed by atoms with E-state index in [9.17, 15) is 9.59 Å². The summed E-state index contributed by atoms with van der Waals surface area (Å²) in [7, 11) is 0. The van der Waals surface area contributed by atoms with Gasteiger partial charge in [0.25, 0.3) is 5.91 Å². The Labute approximate surface area is 74.2 Å². The summed E-state index contributed by atoms with van der Waals surface area (Å²) in [5.74, 6) is -1.35. The fourth-order valence-corrected chi connectivity index (χ4v) is 1.44. The predicted octanol–water partition coefficient (Wildman–Crippen LogP) is 0.556. The van der Waals surface area contributed by atoms with E-state index < -0.39 is 12.0 Å². The Balaban J connectivity index is 2.53. The molecule has 1 aliphatic rings. The van der Waals surface area contributed by atoms with Crippen molar-refractivity contribution >= 4 is 11.9 Å². The molecule has 66 valence electrons. The molecule has 4 nitrogen and oxygen atoms in total. The Morgan fingerprint density at radius 2 is 2.08 bits per heavy atom. The highest BCUT2D eigenvalue weighted by Gasteiger charge is 2.32. The number of carbonyl (C=O) groups is 2. The number of rotatable bonds is 1. The number of carbonyl (C=O) groups excluding carboxylic acids is 1. The van der Waals surface area contributed by atoms with Crippen LogP contribution in [0.1, 0.15) is 22.0 Å². The number of benzene rings is 1. The number of nitrogens with one attached hydrogen (secondary N) is 1. The Bertz CT molecular complexity index is 386. The number of hydrogen-bond acceptors (Lipinski definition) is 2. The number of hydrogen-bond donors (Lipinski definition) is 2. The Morgan fingerprint density at radius 1 is 1.38 bits per heavy atom. The highest BCUT2D eigenvalue weighted by atomic mass is 16.4. The van der Waals surface area contributed by atoms with Crippen LogP contribution in [0.4, 0.5) is 0 Å². The summed E-state index contributed by atoms with van der Waals surface area (Å²) < 4.78 is 0.